The number of benzene rings is 2. The Balaban J connectivity index is 1.55. The second-order valence-electron chi connectivity index (χ2n) is 7.27. The van der Waals surface area contributed by atoms with E-state index in [0.717, 1.165) is 38.5 Å². The molecule has 0 fully saturated rings. The first-order valence-corrected chi connectivity index (χ1v) is 13.5. The first-order valence-electron chi connectivity index (χ1n) is 10.6. The number of sulfonamides is 2. The molecule has 0 aromatic heterocycles. The van der Waals surface area contributed by atoms with Crippen molar-refractivity contribution >= 4 is 20.0 Å². The van der Waals surface area contributed by atoms with E-state index in [4.69, 9.17) is 9.47 Å². The Morgan fingerprint density at radius 1 is 0.562 bits per heavy atom. The van der Waals surface area contributed by atoms with Gasteiger partial charge in [0.1, 0.15) is 11.5 Å². The van der Waals surface area contributed by atoms with Crippen LogP contribution >= 0.6 is 0 Å². The van der Waals surface area contributed by atoms with E-state index in [2.05, 4.69) is 9.44 Å². The largest absolute Gasteiger partial charge is 0.497 e. The van der Waals surface area contributed by atoms with Gasteiger partial charge in [-0.1, -0.05) is 25.7 Å². The molecule has 10 heteroatoms. The summed E-state index contributed by atoms with van der Waals surface area (Å²) in [7, 11) is -3.96. The molecule has 2 rings (SSSR count). The quantitative estimate of drug-likeness (QED) is 0.375. The molecule has 0 unspecified atom stereocenters. The van der Waals surface area contributed by atoms with Crippen LogP contribution in [0.5, 0.6) is 11.5 Å². The third kappa shape index (κ3) is 8.42. The van der Waals surface area contributed by atoms with E-state index in [1.807, 2.05) is 0 Å². The standard InChI is InChI=1S/C22H32N2O6S2/c1-29-19-9-13-21(14-10-19)31(25,26)23-17-7-5-3-4-6-8-18-24-32(27,28)22-15-11-20(30-2)12-16-22/h9-16,23-24H,3-8,17-18H2,1-2H3. The van der Waals surface area contributed by atoms with E-state index in [-0.39, 0.29) is 9.79 Å². The summed E-state index contributed by atoms with van der Waals surface area (Å²) in [5.41, 5.74) is 0. The maximum Gasteiger partial charge on any atom is 0.240 e. The van der Waals surface area contributed by atoms with Crippen molar-refractivity contribution in [2.45, 2.75) is 48.3 Å². The van der Waals surface area contributed by atoms with Crippen molar-refractivity contribution in [1.82, 2.24) is 9.44 Å². The predicted molar refractivity (Wildman–Crippen MR) is 124 cm³/mol. The van der Waals surface area contributed by atoms with Gasteiger partial charge in [0.2, 0.25) is 20.0 Å². The fraction of sp³-hybridized carbons (Fsp3) is 0.455. The number of unbranched alkanes of at least 4 members (excludes halogenated alkanes) is 5. The predicted octanol–water partition coefficient (Wildman–Crippen LogP) is 3.30. The van der Waals surface area contributed by atoms with Gasteiger partial charge >= 0.3 is 0 Å². The lowest BCUT2D eigenvalue weighted by Gasteiger charge is -2.08. The summed E-state index contributed by atoms with van der Waals surface area (Å²) >= 11 is 0. The van der Waals surface area contributed by atoms with E-state index < -0.39 is 20.0 Å². The molecule has 0 heterocycles. The molecule has 0 saturated carbocycles. The number of rotatable bonds is 15. The molecule has 0 aliphatic carbocycles. The summed E-state index contributed by atoms with van der Waals surface area (Å²) in [6.07, 6.45) is 5.25. The van der Waals surface area contributed by atoms with Crippen LogP contribution in [0.15, 0.2) is 58.3 Å². The maximum absolute atomic E-state index is 12.2. The van der Waals surface area contributed by atoms with Crippen molar-refractivity contribution in [2.75, 3.05) is 27.3 Å². The monoisotopic (exact) mass is 484 g/mol. The third-order valence-corrected chi connectivity index (χ3v) is 7.88. The SMILES string of the molecule is COc1ccc(S(=O)(=O)NCCCCCCCCNS(=O)(=O)c2ccc(OC)cc2)cc1. The molecule has 0 aliphatic rings. The Morgan fingerprint density at radius 2 is 0.875 bits per heavy atom. The van der Waals surface area contributed by atoms with E-state index in [1.165, 1.54) is 38.5 Å². The van der Waals surface area contributed by atoms with Gasteiger partial charge in [0.25, 0.3) is 0 Å². The molecule has 0 bridgehead atoms. The first kappa shape index (κ1) is 26.1. The molecule has 8 nitrogen and oxygen atoms in total. The number of hydrogen-bond acceptors (Lipinski definition) is 6. The van der Waals surface area contributed by atoms with E-state index in [0.29, 0.717) is 24.6 Å². The number of nitrogens with one attached hydrogen (secondary N) is 2. The van der Waals surface area contributed by atoms with E-state index in [1.54, 1.807) is 24.3 Å². The molecule has 32 heavy (non-hydrogen) atoms. The van der Waals surface area contributed by atoms with Gasteiger partial charge in [0.05, 0.1) is 24.0 Å². The molecule has 0 aliphatic heterocycles. The Labute approximate surface area is 191 Å². The minimum Gasteiger partial charge on any atom is -0.497 e. The van der Waals surface area contributed by atoms with Crippen molar-refractivity contribution in [3.8, 4) is 11.5 Å². The van der Waals surface area contributed by atoms with Crippen LogP contribution in [0.3, 0.4) is 0 Å². The second kappa shape index (κ2) is 12.8. The zero-order valence-corrected chi connectivity index (χ0v) is 20.2. The maximum atomic E-state index is 12.2. The molecular formula is C22H32N2O6S2. The summed E-state index contributed by atoms with van der Waals surface area (Å²) < 4.78 is 64.2. The fourth-order valence-electron chi connectivity index (χ4n) is 3.05. The van der Waals surface area contributed by atoms with Crippen molar-refractivity contribution in [3.63, 3.8) is 0 Å². The highest BCUT2D eigenvalue weighted by Crippen LogP contribution is 2.16. The van der Waals surface area contributed by atoms with Crippen LogP contribution < -0.4 is 18.9 Å². The van der Waals surface area contributed by atoms with Gasteiger partial charge in [-0.2, -0.15) is 0 Å². The molecule has 0 atom stereocenters. The van der Waals surface area contributed by atoms with Crippen LogP contribution in [-0.4, -0.2) is 44.1 Å². The highest BCUT2D eigenvalue weighted by molar-refractivity contribution is 7.89. The Bertz CT molecular complexity index is 936. The lowest BCUT2D eigenvalue weighted by atomic mass is 10.1. The average molecular weight is 485 g/mol. The van der Waals surface area contributed by atoms with Crippen LogP contribution in [0.1, 0.15) is 38.5 Å². The Kier molecular flexibility index (Phi) is 10.4. The van der Waals surface area contributed by atoms with Crippen LogP contribution in [0.4, 0.5) is 0 Å². The fourth-order valence-corrected chi connectivity index (χ4v) is 5.19. The zero-order chi connectivity index (χ0) is 23.5. The number of methoxy groups -OCH3 is 2. The van der Waals surface area contributed by atoms with Crippen LogP contribution in [-0.2, 0) is 20.0 Å². The highest BCUT2D eigenvalue weighted by atomic mass is 32.2. The number of hydrogen-bond donors (Lipinski definition) is 2. The summed E-state index contributed by atoms with van der Waals surface area (Å²) in [6.45, 7) is 0.770. The van der Waals surface area contributed by atoms with Gasteiger partial charge in [-0.25, -0.2) is 26.3 Å². The molecule has 2 aromatic rings. The van der Waals surface area contributed by atoms with Crippen molar-refractivity contribution < 1.29 is 26.3 Å². The van der Waals surface area contributed by atoms with Gasteiger partial charge in [-0.3, -0.25) is 0 Å². The van der Waals surface area contributed by atoms with E-state index >= 15 is 0 Å². The third-order valence-electron chi connectivity index (χ3n) is 4.93. The molecule has 0 radical (unpaired) electrons. The molecule has 0 amide bonds. The lowest BCUT2D eigenvalue weighted by molar-refractivity contribution is 0.414. The summed E-state index contributed by atoms with van der Waals surface area (Å²) in [5.74, 6) is 1.22. The normalized spacial score (nSPS) is 11.9. The average Bonchev–Trinajstić information content (AvgIpc) is 2.80. The van der Waals surface area contributed by atoms with Crippen LogP contribution in [0.25, 0.3) is 0 Å². The summed E-state index contributed by atoms with van der Waals surface area (Å²) in [6, 6.07) is 12.5. The van der Waals surface area contributed by atoms with Gasteiger partial charge < -0.3 is 9.47 Å². The second-order valence-corrected chi connectivity index (χ2v) is 10.8. The number of ether oxygens (including phenoxy) is 2. The first-order chi connectivity index (χ1) is 15.3. The molecule has 0 saturated heterocycles. The molecular weight excluding hydrogens is 452 g/mol. The van der Waals surface area contributed by atoms with Crippen molar-refractivity contribution in [1.29, 1.82) is 0 Å². The van der Waals surface area contributed by atoms with Gasteiger partial charge in [-0.05, 0) is 61.4 Å². The lowest BCUT2D eigenvalue weighted by Crippen LogP contribution is -2.25. The molecule has 0 spiro atoms. The minimum absolute atomic E-state index is 0.218. The Morgan fingerprint density at radius 3 is 1.19 bits per heavy atom. The van der Waals surface area contributed by atoms with E-state index in [9.17, 15) is 16.8 Å². The molecule has 2 N–H and O–H groups in total. The molecule has 178 valence electrons. The van der Waals surface area contributed by atoms with Crippen molar-refractivity contribution in [3.05, 3.63) is 48.5 Å². The highest BCUT2D eigenvalue weighted by Gasteiger charge is 2.14. The van der Waals surface area contributed by atoms with Crippen LogP contribution in [0, 0.1) is 0 Å². The zero-order valence-electron chi connectivity index (χ0n) is 18.5. The van der Waals surface area contributed by atoms with Gasteiger partial charge in [0.15, 0.2) is 0 Å². The van der Waals surface area contributed by atoms with Gasteiger partial charge in [-0.15, -0.1) is 0 Å². The minimum atomic E-state index is -3.51. The molecule has 2 aromatic carbocycles. The van der Waals surface area contributed by atoms with Crippen LogP contribution in [0.2, 0.25) is 0 Å². The Hall–Kier alpha value is -2.14. The topological polar surface area (TPSA) is 111 Å². The smallest absolute Gasteiger partial charge is 0.240 e. The van der Waals surface area contributed by atoms with Gasteiger partial charge in [0, 0.05) is 13.1 Å². The summed E-state index contributed by atoms with van der Waals surface area (Å²) in [4.78, 5) is 0.436. The van der Waals surface area contributed by atoms with Crippen molar-refractivity contribution in [2.24, 2.45) is 0 Å². The summed E-state index contributed by atoms with van der Waals surface area (Å²) in [5, 5.41) is 0.